The standard InChI is InChI=1S/C10H19N/c1-7-6-8-4-5-10(7,11)9(8,2)3/h7-8H,4-6,11H2,1-3H3. The summed E-state index contributed by atoms with van der Waals surface area (Å²) in [7, 11) is 0. The second-order valence-corrected chi connectivity index (χ2v) is 5.13. The first kappa shape index (κ1) is 7.60. The summed E-state index contributed by atoms with van der Waals surface area (Å²) in [4.78, 5) is 0. The van der Waals surface area contributed by atoms with Crippen LogP contribution in [0.15, 0.2) is 0 Å². The van der Waals surface area contributed by atoms with Crippen molar-refractivity contribution in [1.29, 1.82) is 0 Å². The summed E-state index contributed by atoms with van der Waals surface area (Å²) in [5, 5.41) is 0. The van der Waals surface area contributed by atoms with E-state index in [0.717, 1.165) is 11.8 Å². The van der Waals surface area contributed by atoms with Crippen LogP contribution in [0.4, 0.5) is 0 Å². The van der Waals surface area contributed by atoms with Gasteiger partial charge in [-0.15, -0.1) is 0 Å². The van der Waals surface area contributed by atoms with Gasteiger partial charge in [0.1, 0.15) is 0 Å². The Morgan fingerprint density at radius 3 is 2.18 bits per heavy atom. The first-order valence-corrected chi connectivity index (χ1v) is 4.77. The summed E-state index contributed by atoms with van der Waals surface area (Å²) in [6.45, 7) is 7.03. The third-order valence-corrected chi connectivity index (χ3v) is 4.64. The zero-order valence-corrected chi connectivity index (χ0v) is 7.85. The van der Waals surface area contributed by atoms with E-state index in [-0.39, 0.29) is 5.54 Å². The van der Waals surface area contributed by atoms with Gasteiger partial charge in [-0.25, -0.2) is 0 Å². The SMILES string of the molecule is CC1CC2CCC1(N)C2(C)C. The fraction of sp³-hybridized carbons (Fsp3) is 1.00. The van der Waals surface area contributed by atoms with Crippen LogP contribution in [0.5, 0.6) is 0 Å². The Balaban J connectivity index is 2.40. The summed E-state index contributed by atoms with van der Waals surface area (Å²) >= 11 is 0. The molecule has 0 saturated heterocycles. The minimum absolute atomic E-state index is 0.164. The number of nitrogens with two attached hydrogens (primary N) is 1. The van der Waals surface area contributed by atoms with Crippen molar-refractivity contribution in [3.63, 3.8) is 0 Å². The molecule has 2 aliphatic carbocycles. The van der Waals surface area contributed by atoms with Gasteiger partial charge in [-0.2, -0.15) is 0 Å². The molecule has 0 aromatic carbocycles. The van der Waals surface area contributed by atoms with Gasteiger partial charge in [0.05, 0.1) is 0 Å². The van der Waals surface area contributed by atoms with Crippen molar-refractivity contribution < 1.29 is 0 Å². The molecule has 2 aliphatic rings. The number of hydrogen-bond acceptors (Lipinski definition) is 1. The summed E-state index contributed by atoms with van der Waals surface area (Å²) < 4.78 is 0. The fourth-order valence-electron chi connectivity index (χ4n) is 3.41. The van der Waals surface area contributed by atoms with Crippen LogP contribution >= 0.6 is 0 Å². The molecule has 0 spiro atoms. The van der Waals surface area contributed by atoms with Crippen LogP contribution in [0.3, 0.4) is 0 Å². The van der Waals surface area contributed by atoms with Crippen LogP contribution in [0, 0.1) is 17.3 Å². The minimum Gasteiger partial charge on any atom is -0.324 e. The van der Waals surface area contributed by atoms with E-state index >= 15 is 0 Å². The van der Waals surface area contributed by atoms with E-state index in [0.29, 0.717) is 5.41 Å². The third-order valence-electron chi connectivity index (χ3n) is 4.64. The molecule has 64 valence electrons. The molecule has 0 radical (unpaired) electrons. The van der Waals surface area contributed by atoms with E-state index in [1.807, 2.05) is 0 Å². The molecule has 2 saturated carbocycles. The van der Waals surface area contributed by atoms with E-state index in [1.54, 1.807) is 0 Å². The van der Waals surface area contributed by atoms with Gasteiger partial charge in [0.2, 0.25) is 0 Å². The molecule has 2 rings (SSSR count). The summed E-state index contributed by atoms with van der Waals surface area (Å²) in [5.74, 6) is 1.65. The molecule has 0 aromatic heterocycles. The average Bonchev–Trinajstić information content (AvgIpc) is 2.20. The molecule has 2 bridgehead atoms. The van der Waals surface area contributed by atoms with Crippen LogP contribution in [0.2, 0.25) is 0 Å². The van der Waals surface area contributed by atoms with Crippen molar-refractivity contribution in [3.8, 4) is 0 Å². The van der Waals surface area contributed by atoms with Crippen LogP contribution in [-0.2, 0) is 0 Å². The fourth-order valence-corrected chi connectivity index (χ4v) is 3.41. The summed E-state index contributed by atoms with van der Waals surface area (Å²) in [6, 6.07) is 0. The molecule has 3 unspecified atom stereocenters. The zero-order valence-electron chi connectivity index (χ0n) is 7.85. The lowest BCUT2D eigenvalue weighted by molar-refractivity contribution is 0.190. The van der Waals surface area contributed by atoms with Crippen molar-refractivity contribution in [2.24, 2.45) is 23.0 Å². The van der Waals surface area contributed by atoms with Gasteiger partial charge in [-0.05, 0) is 36.5 Å². The van der Waals surface area contributed by atoms with E-state index in [1.165, 1.54) is 19.3 Å². The summed E-state index contributed by atoms with van der Waals surface area (Å²) in [6.07, 6.45) is 3.99. The molecule has 0 heterocycles. The molecule has 2 fully saturated rings. The van der Waals surface area contributed by atoms with Crippen molar-refractivity contribution in [1.82, 2.24) is 0 Å². The highest BCUT2D eigenvalue weighted by atomic mass is 14.9. The highest BCUT2D eigenvalue weighted by molar-refractivity contribution is 5.15. The highest BCUT2D eigenvalue weighted by Gasteiger charge is 2.60. The Hall–Kier alpha value is -0.0400. The average molecular weight is 153 g/mol. The molecule has 2 N–H and O–H groups in total. The van der Waals surface area contributed by atoms with Crippen molar-refractivity contribution in [2.75, 3.05) is 0 Å². The van der Waals surface area contributed by atoms with Crippen LogP contribution in [0.1, 0.15) is 40.0 Å². The van der Waals surface area contributed by atoms with Crippen molar-refractivity contribution >= 4 is 0 Å². The van der Waals surface area contributed by atoms with E-state index < -0.39 is 0 Å². The second kappa shape index (κ2) is 1.82. The van der Waals surface area contributed by atoms with Crippen molar-refractivity contribution in [3.05, 3.63) is 0 Å². The monoisotopic (exact) mass is 153 g/mol. The van der Waals surface area contributed by atoms with Gasteiger partial charge in [-0.3, -0.25) is 0 Å². The first-order valence-electron chi connectivity index (χ1n) is 4.77. The van der Waals surface area contributed by atoms with E-state index in [2.05, 4.69) is 20.8 Å². The predicted octanol–water partition coefficient (Wildman–Crippen LogP) is 2.16. The Morgan fingerprint density at radius 1 is 1.36 bits per heavy atom. The molecule has 3 atom stereocenters. The molecular formula is C10H19N. The lowest BCUT2D eigenvalue weighted by atomic mass is 9.74. The molecule has 11 heavy (non-hydrogen) atoms. The van der Waals surface area contributed by atoms with E-state index in [9.17, 15) is 0 Å². The minimum atomic E-state index is 0.164. The maximum absolute atomic E-state index is 6.42. The molecule has 0 aromatic rings. The smallest absolute Gasteiger partial charge is 0.0234 e. The maximum atomic E-state index is 6.42. The Morgan fingerprint density at radius 2 is 2.00 bits per heavy atom. The van der Waals surface area contributed by atoms with Gasteiger partial charge in [0.25, 0.3) is 0 Å². The first-order chi connectivity index (χ1) is 4.98. The Bertz CT molecular complexity index is 185. The largest absolute Gasteiger partial charge is 0.324 e. The second-order valence-electron chi connectivity index (χ2n) is 5.13. The van der Waals surface area contributed by atoms with Crippen LogP contribution in [-0.4, -0.2) is 5.54 Å². The molecule has 1 heteroatoms. The Kier molecular flexibility index (Phi) is 1.26. The molecular weight excluding hydrogens is 134 g/mol. The van der Waals surface area contributed by atoms with Crippen LogP contribution in [0.25, 0.3) is 0 Å². The normalized spacial score (nSPS) is 53.5. The van der Waals surface area contributed by atoms with Gasteiger partial charge in [0.15, 0.2) is 0 Å². The van der Waals surface area contributed by atoms with Gasteiger partial charge in [0, 0.05) is 5.54 Å². The molecule has 1 nitrogen and oxygen atoms in total. The highest BCUT2D eigenvalue weighted by Crippen LogP contribution is 2.61. The summed E-state index contributed by atoms with van der Waals surface area (Å²) in [5.41, 5.74) is 6.99. The van der Waals surface area contributed by atoms with Gasteiger partial charge < -0.3 is 5.73 Å². The Labute approximate surface area is 69.4 Å². The zero-order chi connectivity index (χ0) is 8.28. The van der Waals surface area contributed by atoms with Gasteiger partial charge >= 0.3 is 0 Å². The number of fused-ring (bicyclic) bond motifs is 2. The van der Waals surface area contributed by atoms with Gasteiger partial charge in [-0.1, -0.05) is 20.8 Å². The molecule has 0 amide bonds. The quantitative estimate of drug-likeness (QED) is 0.567. The lowest BCUT2D eigenvalue weighted by Gasteiger charge is -2.37. The predicted molar refractivity (Wildman–Crippen MR) is 47.2 cm³/mol. The number of rotatable bonds is 0. The van der Waals surface area contributed by atoms with Crippen LogP contribution < -0.4 is 5.73 Å². The molecule has 0 aliphatic heterocycles. The topological polar surface area (TPSA) is 26.0 Å². The van der Waals surface area contributed by atoms with Crippen molar-refractivity contribution in [2.45, 2.75) is 45.6 Å². The third kappa shape index (κ3) is 0.658. The lowest BCUT2D eigenvalue weighted by Crippen LogP contribution is -2.50. The number of hydrogen-bond donors (Lipinski definition) is 1. The van der Waals surface area contributed by atoms with E-state index in [4.69, 9.17) is 5.73 Å². The maximum Gasteiger partial charge on any atom is 0.0234 e.